The highest BCUT2D eigenvalue weighted by Gasteiger charge is 2.84. The van der Waals surface area contributed by atoms with Gasteiger partial charge in [-0.3, -0.25) is 14.4 Å². The molecule has 11 atom stereocenters. The Morgan fingerprint density at radius 1 is 0.821 bits per heavy atom. The molecule has 1 aliphatic heterocycles. The van der Waals surface area contributed by atoms with Crippen molar-refractivity contribution in [3.63, 3.8) is 0 Å². The minimum Gasteiger partial charge on any atom is -0.455 e. The number of aliphatic hydroxyl groups is 1. The van der Waals surface area contributed by atoms with Gasteiger partial charge in [-0.25, -0.2) is 19.2 Å². The molecule has 1 heterocycles. The third kappa shape index (κ3) is 9.04. The molecular formula is C50H61NO16. The summed E-state index contributed by atoms with van der Waals surface area (Å²) in [4.78, 5) is 98.3. The fourth-order valence-electron chi connectivity index (χ4n) is 10.9. The summed E-state index contributed by atoms with van der Waals surface area (Å²) in [6, 6.07) is 14.7. The summed E-state index contributed by atoms with van der Waals surface area (Å²) in [5.74, 6) is -5.86. The number of hydrogen-bond acceptors (Lipinski definition) is 16. The number of ether oxygens (including phenoxy) is 8. The van der Waals surface area contributed by atoms with Gasteiger partial charge in [-0.05, 0) is 96.1 Å². The number of alkyl carbamates (subject to hydrolysis) is 1. The average molecular weight is 932 g/mol. The van der Waals surface area contributed by atoms with Gasteiger partial charge in [0.1, 0.15) is 41.2 Å². The van der Waals surface area contributed by atoms with E-state index >= 15 is 9.59 Å². The Labute approximate surface area is 389 Å². The molecule has 17 heteroatoms. The lowest BCUT2D eigenvalue weighted by atomic mass is 9.48. The highest BCUT2D eigenvalue weighted by molar-refractivity contribution is 5.97. The van der Waals surface area contributed by atoms with Crippen LogP contribution in [0.15, 0.2) is 71.8 Å². The Morgan fingerprint density at radius 2 is 1.43 bits per heavy atom. The van der Waals surface area contributed by atoms with E-state index in [-0.39, 0.29) is 29.7 Å². The predicted molar refractivity (Wildman–Crippen MR) is 235 cm³/mol. The molecule has 3 saturated carbocycles. The lowest BCUT2D eigenvalue weighted by molar-refractivity contribution is -0.323. The summed E-state index contributed by atoms with van der Waals surface area (Å²) >= 11 is 0. The van der Waals surface area contributed by atoms with Crippen LogP contribution < -0.4 is 5.32 Å². The van der Waals surface area contributed by atoms with Crippen LogP contribution in [0, 0.1) is 22.7 Å². The Bertz CT molecular complexity index is 2350. The van der Waals surface area contributed by atoms with Crippen molar-refractivity contribution in [1.29, 1.82) is 0 Å². The molecule has 1 spiro atoms. The first-order valence-corrected chi connectivity index (χ1v) is 22.5. The number of carbonyl (C=O) groups is 7. The summed E-state index contributed by atoms with van der Waals surface area (Å²) in [5, 5.41) is 16.5. The van der Waals surface area contributed by atoms with Crippen molar-refractivity contribution in [3.05, 3.63) is 82.9 Å². The Morgan fingerprint density at radius 3 is 1.99 bits per heavy atom. The standard InChI is InChI=1S/C50H61NO16/c1-26-32(62-42(56)37(63-44(58)67-46(7,8)9)35(29-18-14-12-15-19-29)51-43(57)66-45(4,5)6)24-50(59)40(64-41(55)30-20-16-13-17-21-30)38-48(39(54)36(61-27(2)52)34(26)47(50,10)11)23-31(48)22-33-49(38,25-60-33)65-28(3)53/h12-21,31-33,35-38,40,59H,22-25H2,1-11H3,(H,51,57)/t31-,32?,33?,35+,36-,37?,38?,40+,48?,49+,50-/m1/s1. The smallest absolute Gasteiger partial charge is 0.455 e. The summed E-state index contributed by atoms with van der Waals surface area (Å²) in [7, 11) is 0. The van der Waals surface area contributed by atoms with Gasteiger partial charge in [-0.2, -0.15) is 0 Å². The first kappa shape index (κ1) is 49.1. The van der Waals surface area contributed by atoms with Crippen LogP contribution >= 0.6 is 0 Å². The molecular weight excluding hydrogens is 871 g/mol. The van der Waals surface area contributed by atoms with Crippen LogP contribution in [-0.2, 0) is 57.1 Å². The van der Waals surface area contributed by atoms with Gasteiger partial charge in [-0.15, -0.1) is 0 Å². The largest absolute Gasteiger partial charge is 0.509 e. The number of nitrogens with one attached hydrogen (secondary N) is 1. The van der Waals surface area contributed by atoms with E-state index in [9.17, 15) is 29.1 Å². The maximum absolute atomic E-state index is 15.6. The fraction of sp³-hybridized carbons (Fsp3) is 0.580. The van der Waals surface area contributed by atoms with Gasteiger partial charge < -0.3 is 48.3 Å². The van der Waals surface area contributed by atoms with Gasteiger partial charge in [0.2, 0.25) is 6.10 Å². The number of fused-ring (bicyclic) bond motifs is 4. The first-order valence-electron chi connectivity index (χ1n) is 22.5. The van der Waals surface area contributed by atoms with Crippen molar-refractivity contribution in [2.24, 2.45) is 22.7 Å². The molecule has 67 heavy (non-hydrogen) atoms. The van der Waals surface area contributed by atoms with Gasteiger partial charge in [0.05, 0.1) is 18.1 Å². The molecule has 1 saturated heterocycles. The highest BCUT2D eigenvalue weighted by Crippen LogP contribution is 2.74. The lowest BCUT2D eigenvalue weighted by Gasteiger charge is -2.64. The maximum Gasteiger partial charge on any atom is 0.509 e. The lowest BCUT2D eigenvalue weighted by Crippen LogP contribution is -2.78. The third-order valence-electron chi connectivity index (χ3n) is 13.8. The summed E-state index contributed by atoms with van der Waals surface area (Å²) in [5.41, 5.74) is -8.34. The molecule has 0 radical (unpaired) electrons. The van der Waals surface area contributed by atoms with Gasteiger partial charge in [0.15, 0.2) is 17.5 Å². The number of ketones is 1. The molecule has 362 valence electrons. The van der Waals surface area contributed by atoms with Crippen LogP contribution in [0.4, 0.5) is 9.59 Å². The Balaban J connectivity index is 1.41. The maximum atomic E-state index is 15.6. The van der Waals surface area contributed by atoms with Crippen molar-refractivity contribution in [3.8, 4) is 0 Å². The van der Waals surface area contributed by atoms with Crippen LogP contribution in [0.3, 0.4) is 0 Å². The average Bonchev–Trinajstić information content (AvgIpc) is 3.94. The zero-order valence-corrected chi connectivity index (χ0v) is 39.8. The summed E-state index contributed by atoms with van der Waals surface area (Å²) in [6.07, 6.45) is -9.84. The van der Waals surface area contributed by atoms with Crippen molar-refractivity contribution in [2.45, 2.75) is 154 Å². The number of rotatable bonds is 10. The third-order valence-corrected chi connectivity index (χ3v) is 13.8. The molecule has 2 aromatic carbocycles. The van der Waals surface area contributed by atoms with E-state index in [0.717, 1.165) is 6.92 Å². The van der Waals surface area contributed by atoms with E-state index in [4.69, 9.17) is 37.9 Å². The second-order valence-electron chi connectivity index (χ2n) is 20.9. The molecule has 7 rings (SSSR count). The van der Waals surface area contributed by atoms with Crippen LogP contribution in [0.5, 0.6) is 0 Å². The second kappa shape index (κ2) is 17.4. The van der Waals surface area contributed by atoms with E-state index in [1.807, 2.05) is 0 Å². The van der Waals surface area contributed by atoms with Crippen LogP contribution in [-0.4, -0.2) is 107 Å². The number of Topliss-reactive ketones (excluding diaryl/α,β-unsaturated/α-hetero) is 1. The number of amides is 1. The second-order valence-corrected chi connectivity index (χ2v) is 20.9. The monoisotopic (exact) mass is 931 g/mol. The summed E-state index contributed by atoms with van der Waals surface area (Å²) in [6.45, 7) is 16.6. The van der Waals surface area contributed by atoms with Crippen LogP contribution in [0.1, 0.15) is 117 Å². The zero-order valence-electron chi connectivity index (χ0n) is 39.8. The van der Waals surface area contributed by atoms with E-state index < -0.39 is 130 Å². The van der Waals surface area contributed by atoms with Gasteiger partial charge in [0.25, 0.3) is 0 Å². The molecule has 2 aromatic rings. The quantitative estimate of drug-likeness (QED) is 0.149. The number of esters is 4. The molecule has 1 amide bonds. The molecule has 17 nitrogen and oxygen atoms in total. The van der Waals surface area contributed by atoms with Gasteiger partial charge >= 0.3 is 36.1 Å². The van der Waals surface area contributed by atoms with Gasteiger partial charge in [0, 0.05) is 31.1 Å². The van der Waals surface area contributed by atoms with E-state index in [1.165, 1.54) is 19.1 Å². The Kier molecular flexibility index (Phi) is 12.7. The van der Waals surface area contributed by atoms with E-state index in [2.05, 4.69) is 5.32 Å². The normalized spacial score (nSPS) is 31.2. The van der Waals surface area contributed by atoms with Crippen LogP contribution in [0.2, 0.25) is 0 Å². The number of carbonyl (C=O) groups excluding carboxylic acids is 7. The van der Waals surface area contributed by atoms with Crippen LogP contribution in [0.25, 0.3) is 0 Å². The van der Waals surface area contributed by atoms with Crippen molar-refractivity contribution in [2.75, 3.05) is 6.61 Å². The predicted octanol–water partition coefficient (Wildman–Crippen LogP) is 6.43. The topological polar surface area (TPSA) is 226 Å². The number of hydrogen-bond donors (Lipinski definition) is 2. The van der Waals surface area contributed by atoms with Crippen molar-refractivity contribution >= 4 is 41.9 Å². The molecule has 4 fully saturated rings. The molecule has 5 unspecified atom stereocenters. The fourth-order valence-corrected chi connectivity index (χ4v) is 10.9. The molecule has 5 aliphatic rings. The van der Waals surface area contributed by atoms with E-state index in [1.54, 1.807) is 111 Å². The first-order chi connectivity index (χ1) is 31.1. The van der Waals surface area contributed by atoms with Crippen molar-refractivity contribution < 1.29 is 76.6 Å². The SMILES string of the molecule is CC(=O)O[C@H]1C(=O)C23C[C@H]2CC2OC[C@@]2(OC(C)=O)C3[C@H](OC(=O)c2ccccc2)[C@]2(O)CC(OC(=O)C(OC(=O)OC(C)(C)C)[C@@H](NC(=O)OC(C)(C)C)c3ccccc3)C(C)=C1C2(C)C. The minimum absolute atomic E-state index is 0.0862. The molecule has 2 bridgehead atoms. The van der Waals surface area contributed by atoms with E-state index in [0.29, 0.717) is 12.0 Å². The zero-order chi connectivity index (χ0) is 49.2. The van der Waals surface area contributed by atoms with Gasteiger partial charge in [-0.1, -0.05) is 62.4 Å². The minimum atomic E-state index is -2.32. The Hall–Kier alpha value is -5.81. The summed E-state index contributed by atoms with van der Waals surface area (Å²) < 4.78 is 47.9. The highest BCUT2D eigenvalue weighted by atomic mass is 16.7. The molecule has 2 N–H and O–H groups in total. The molecule has 4 aliphatic carbocycles. The molecule has 0 aromatic heterocycles. The number of benzene rings is 2. The van der Waals surface area contributed by atoms with Crippen molar-refractivity contribution in [1.82, 2.24) is 5.32 Å².